The minimum Gasteiger partial charge on any atom is -0.472 e. The fraction of sp³-hybridized carbons (Fsp3) is 0.476. The van der Waals surface area contributed by atoms with E-state index in [4.69, 9.17) is 9.47 Å². The van der Waals surface area contributed by atoms with Gasteiger partial charge in [0.25, 0.3) is 0 Å². The summed E-state index contributed by atoms with van der Waals surface area (Å²) >= 11 is 0. The summed E-state index contributed by atoms with van der Waals surface area (Å²) in [6.45, 7) is 6.42. The van der Waals surface area contributed by atoms with Crippen molar-refractivity contribution >= 4 is 11.7 Å². The molecule has 0 N–H and O–H groups in total. The number of hydrogen-bond acceptors (Lipinski definition) is 6. The number of ether oxygens (including phenoxy) is 2. The summed E-state index contributed by atoms with van der Waals surface area (Å²) < 4.78 is 11.4. The minimum atomic E-state index is -0.0340. The second-order valence-corrected chi connectivity index (χ2v) is 7.29. The quantitative estimate of drug-likeness (QED) is 0.786. The number of hydrogen-bond donors (Lipinski definition) is 0. The average Bonchev–Trinajstić information content (AvgIpc) is 3.19. The van der Waals surface area contributed by atoms with Gasteiger partial charge in [-0.1, -0.05) is 24.3 Å². The lowest BCUT2D eigenvalue weighted by Crippen LogP contribution is -2.36. The molecule has 2 aliphatic heterocycles. The lowest BCUT2D eigenvalue weighted by atomic mass is 10.1. The van der Waals surface area contributed by atoms with Crippen LogP contribution >= 0.6 is 0 Å². The van der Waals surface area contributed by atoms with Gasteiger partial charge in [0.05, 0.1) is 26.2 Å². The van der Waals surface area contributed by atoms with Crippen LogP contribution in [0.3, 0.4) is 0 Å². The summed E-state index contributed by atoms with van der Waals surface area (Å²) in [6.07, 6.45) is 2.76. The lowest BCUT2D eigenvalue weighted by molar-refractivity contribution is -0.129. The summed E-state index contributed by atoms with van der Waals surface area (Å²) in [5.41, 5.74) is 2.24. The van der Waals surface area contributed by atoms with E-state index >= 15 is 0 Å². The van der Waals surface area contributed by atoms with E-state index in [1.807, 2.05) is 42.2 Å². The summed E-state index contributed by atoms with van der Waals surface area (Å²) in [5.74, 6) is 1.57. The monoisotopic (exact) mass is 382 g/mol. The third-order valence-electron chi connectivity index (χ3n) is 5.35. The molecule has 1 atom stereocenters. The number of aromatic nitrogens is 2. The fourth-order valence-corrected chi connectivity index (χ4v) is 3.66. The topological polar surface area (TPSA) is 67.8 Å². The first-order valence-corrected chi connectivity index (χ1v) is 9.83. The van der Waals surface area contributed by atoms with Gasteiger partial charge in [0.2, 0.25) is 11.8 Å². The number of likely N-dealkylation sites (tertiary alicyclic amines) is 1. The maximum absolute atomic E-state index is 12.7. The molecule has 2 aliphatic rings. The molecule has 1 unspecified atom stereocenters. The van der Waals surface area contributed by atoms with Gasteiger partial charge in [-0.15, -0.1) is 0 Å². The van der Waals surface area contributed by atoms with E-state index in [-0.39, 0.29) is 12.0 Å². The number of benzene rings is 1. The van der Waals surface area contributed by atoms with Gasteiger partial charge in [-0.05, 0) is 18.1 Å². The lowest BCUT2D eigenvalue weighted by Gasteiger charge is -2.27. The van der Waals surface area contributed by atoms with Gasteiger partial charge in [0.15, 0.2) is 0 Å². The van der Waals surface area contributed by atoms with Gasteiger partial charge in [-0.25, -0.2) is 9.97 Å². The molecule has 0 spiro atoms. The van der Waals surface area contributed by atoms with Crippen LogP contribution in [0.5, 0.6) is 5.88 Å². The van der Waals surface area contributed by atoms with Crippen LogP contribution in [0.1, 0.15) is 17.5 Å². The Morgan fingerprint density at radius 1 is 1.21 bits per heavy atom. The number of carbonyl (C=O) groups excluding carboxylic acids is 1. The molecule has 2 saturated heterocycles. The fourth-order valence-electron chi connectivity index (χ4n) is 3.66. The highest BCUT2D eigenvalue weighted by Gasteiger charge is 2.28. The van der Waals surface area contributed by atoms with Gasteiger partial charge in [0.1, 0.15) is 18.2 Å². The number of carbonyl (C=O) groups is 1. The maximum Gasteiger partial charge on any atom is 0.227 e. The number of aryl methyl sites for hydroxylation is 1. The normalized spacial score (nSPS) is 19.7. The molecule has 28 heavy (non-hydrogen) atoms. The van der Waals surface area contributed by atoms with Crippen molar-refractivity contribution in [2.75, 3.05) is 44.3 Å². The third-order valence-corrected chi connectivity index (χ3v) is 5.35. The molecule has 0 saturated carbocycles. The van der Waals surface area contributed by atoms with E-state index in [0.717, 1.165) is 43.0 Å². The second-order valence-electron chi connectivity index (χ2n) is 7.29. The van der Waals surface area contributed by atoms with Crippen LogP contribution in [0, 0.1) is 6.92 Å². The highest BCUT2D eigenvalue weighted by atomic mass is 16.5. The number of amides is 1. The van der Waals surface area contributed by atoms with E-state index in [0.29, 0.717) is 32.1 Å². The van der Waals surface area contributed by atoms with Crippen molar-refractivity contribution in [3.63, 3.8) is 0 Å². The number of rotatable bonds is 5. The van der Waals surface area contributed by atoms with Gasteiger partial charge in [0, 0.05) is 32.1 Å². The summed E-state index contributed by atoms with van der Waals surface area (Å²) in [6, 6.07) is 9.91. The molecular formula is C21H26N4O3. The number of anilines is 1. The van der Waals surface area contributed by atoms with Crippen molar-refractivity contribution in [2.24, 2.45) is 0 Å². The molecule has 1 amide bonds. The first-order valence-electron chi connectivity index (χ1n) is 9.83. The Bertz CT molecular complexity index is 823. The number of nitrogens with zero attached hydrogens (tertiary/aromatic N) is 4. The van der Waals surface area contributed by atoms with Crippen molar-refractivity contribution in [1.82, 2.24) is 14.9 Å². The van der Waals surface area contributed by atoms with E-state index in [1.54, 1.807) is 0 Å². The summed E-state index contributed by atoms with van der Waals surface area (Å²) in [5, 5.41) is 0. The Kier molecular flexibility index (Phi) is 5.71. The van der Waals surface area contributed by atoms with Crippen molar-refractivity contribution < 1.29 is 14.3 Å². The zero-order chi connectivity index (χ0) is 19.3. The molecule has 2 fully saturated rings. The van der Waals surface area contributed by atoms with E-state index in [2.05, 4.69) is 14.9 Å². The van der Waals surface area contributed by atoms with E-state index < -0.39 is 0 Å². The van der Waals surface area contributed by atoms with E-state index in [1.165, 1.54) is 6.33 Å². The van der Waals surface area contributed by atoms with Crippen molar-refractivity contribution in [1.29, 1.82) is 0 Å². The van der Waals surface area contributed by atoms with Gasteiger partial charge in [-0.3, -0.25) is 4.79 Å². The van der Waals surface area contributed by atoms with Crippen LogP contribution in [-0.2, 0) is 16.0 Å². The SMILES string of the molecule is Cc1ccccc1CC(=O)N1CCC(Oc2cc(N3CCOCC3)ncn2)C1. The Morgan fingerprint density at radius 3 is 2.86 bits per heavy atom. The highest BCUT2D eigenvalue weighted by Crippen LogP contribution is 2.21. The highest BCUT2D eigenvalue weighted by molar-refractivity contribution is 5.79. The molecule has 4 rings (SSSR count). The van der Waals surface area contributed by atoms with Crippen LogP contribution in [0.2, 0.25) is 0 Å². The van der Waals surface area contributed by atoms with Crippen LogP contribution in [-0.4, -0.2) is 66.3 Å². The van der Waals surface area contributed by atoms with Crippen LogP contribution in [0.25, 0.3) is 0 Å². The van der Waals surface area contributed by atoms with Gasteiger partial charge >= 0.3 is 0 Å². The van der Waals surface area contributed by atoms with Crippen molar-refractivity contribution in [3.8, 4) is 5.88 Å². The first kappa shape index (κ1) is 18.7. The predicted molar refractivity (Wildman–Crippen MR) is 106 cm³/mol. The smallest absolute Gasteiger partial charge is 0.227 e. The first-order chi connectivity index (χ1) is 13.7. The molecule has 7 nitrogen and oxygen atoms in total. The zero-order valence-electron chi connectivity index (χ0n) is 16.2. The molecule has 1 aromatic heterocycles. The Hall–Kier alpha value is -2.67. The summed E-state index contributed by atoms with van der Waals surface area (Å²) in [7, 11) is 0. The van der Waals surface area contributed by atoms with Crippen LogP contribution < -0.4 is 9.64 Å². The summed E-state index contributed by atoms with van der Waals surface area (Å²) in [4.78, 5) is 25.3. The Labute approximate surface area is 165 Å². The molecule has 1 aromatic carbocycles. The molecular weight excluding hydrogens is 356 g/mol. The second kappa shape index (κ2) is 8.56. The standard InChI is InChI=1S/C21H26N4O3/c1-16-4-2-3-5-17(16)12-21(26)25-7-6-18(14-25)28-20-13-19(22-15-23-20)24-8-10-27-11-9-24/h2-5,13,15,18H,6-12,14H2,1H3. The van der Waals surface area contributed by atoms with Crippen molar-refractivity contribution in [3.05, 3.63) is 47.8 Å². The van der Waals surface area contributed by atoms with Gasteiger partial charge in [-0.2, -0.15) is 0 Å². The predicted octanol–water partition coefficient (Wildman–Crippen LogP) is 1.84. The van der Waals surface area contributed by atoms with Crippen LogP contribution in [0.15, 0.2) is 36.7 Å². The Balaban J connectivity index is 1.33. The minimum absolute atomic E-state index is 0.0340. The molecule has 0 bridgehead atoms. The Morgan fingerprint density at radius 2 is 2.04 bits per heavy atom. The van der Waals surface area contributed by atoms with Gasteiger partial charge < -0.3 is 19.3 Å². The van der Waals surface area contributed by atoms with E-state index in [9.17, 15) is 4.79 Å². The largest absolute Gasteiger partial charge is 0.472 e. The molecule has 148 valence electrons. The van der Waals surface area contributed by atoms with Crippen LogP contribution in [0.4, 0.5) is 5.82 Å². The zero-order valence-corrected chi connectivity index (χ0v) is 16.2. The molecule has 0 radical (unpaired) electrons. The van der Waals surface area contributed by atoms with Crippen molar-refractivity contribution in [2.45, 2.75) is 25.9 Å². The molecule has 7 heteroatoms. The average molecular weight is 382 g/mol. The molecule has 0 aliphatic carbocycles. The molecule has 3 heterocycles. The number of morpholine rings is 1. The maximum atomic E-state index is 12.7. The molecule has 2 aromatic rings. The third kappa shape index (κ3) is 4.42.